The Kier molecular flexibility index (Phi) is 6.98. The van der Waals surface area contributed by atoms with Crippen molar-refractivity contribution in [2.24, 2.45) is 17.8 Å². The molecule has 4 heteroatoms. The van der Waals surface area contributed by atoms with Gasteiger partial charge in [-0.2, -0.15) is 0 Å². The molecule has 1 N–H and O–H groups in total. The van der Waals surface area contributed by atoms with Crippen LogP contribution in [0.4, 0.5) is 0 Å². The van der Waals surface area contributed by atoms with Crippen LogP contribution in [0.1, 0.15) is 38.7 Å². The number of carbonyl (C=O) groups excluding carboxylic acids is 2. The van der Waals surface area contributed by atoms with Crippen molar-refractivity contribution >= 4 is 11.8 Å². The molecule has 24 heavy (non-hydrogen) atoms. The molecule has 1 fully saturated rings. The van der Waals surface area contributed by atoms with E-state index in [0.717, 1.165) is 18.5 Å². The van der Waals surface area contributed by atoms with Gasteiger partial charge in [0.15, 0.2) is 0 Å². The molecule has 0 aromatic heterocycles. The Bertz CT molecular complexity index is 537. The van der Waals surface area contributed by atoms with E-state index < -0.39 is 5.92 Å². The van der Waals surface area contributed by atoms with Gasteiger partial charge < -0.3 is 10.1 Å². The molecule has 0 radical (unpaired) electrons. The maximum absolute atomic E-state index is 12.7. The molecule has 1 aromatic carbocycles. The standard InChI is InChI=1S/C20H29NO3/c1-14(18-10-7-11-21-18)15(2)19(22)13-17(20(23)24-3)12-16-8-5-4-6-9-16/h4-6,8-9,14-15,17-18,21H,7,10-13H2,1-3H3/t14-,15-,17-,18+/m1/s1. The Morgan fingerprint density at radius 2 is 1.96 bits per heavy atom. The normalized spacial score (nSPS) is 21.0. The van der Waals surface area contributed by atoms with Gasteiger partial charge >= 0.3 is 5.97 Å². The van der Waals surface area contributed by atoms with E-state index in [1.54, 1.807) is 0 Å². The topological polar surface area (TPSA) is 55.4 Å². The zero-order valence-electron chi connectivity index (χ0n) is 15.0. The summed E-state index contributed by atoms with van der Waals surface area (Å²) in [5.41, 5.74) is 1.05. The minimum absolute atomic E-state index is 0.0523. The van der Waals surface area contributed by atoms with E-state index in [-0.39, 0.29) is 30.0 Å². The second kappa shape index (κ2) is 8.97. The quantitative estimate of drug-likeness (QED) is 0.744. The Morgan fingerprint density at radius 3 is 2.54 bits per heavy atom. The summed E-state index contributed by atoms with van der Waals surface area (Å²) in [5.74, 6) is -0.316. The highest BCUT2D eigenvalue weighted by Crippen LogP contribution is 2.25. The maximum Gasteiger partial charge on any atom is 0.309 e. The van der Waals surface area contributed by atoms with Crippen molar-refractivity contribution < 1.29 is 14.3 Å². The largest absolute Gasteiger partial charge is 0.469 e. The van der Waals surface area contributed by atoms with Gasteiger partial charge in [-0.25, -0.2) is 0 Å². The first kappa shape index (κ1) is 18.7. The Labute approximate surface area is 145 Å². The summed E-state index contributed by atoms with van der Waals surface area (Å²) in [4.78, 5) is 24.8. The van der Waals surface area contributed by atoms with Crippen LogP contribution in [0.2, 0.25) is 0 Å². The predicted molar refractivity (Wildman–Crippen MR) is 94.6 cm³/mol. The number of ketones is 1. The highest BCUT2D eigenvalue weighted by atomic mass is 16.5. The molecule has 4 atom stereocenters. The SMILES string of the molecule is COC(=O)[C@@H](CC(=O)[C@H](C)[C@@H](C)[C@@H]1CCCN1)Cc1ccccc1. The molecule has 1 heterocycles. The molecule has 0 aliphatic carbocycles. The molecule has 2 rings (SSSR count). The lowest BCUT2D eigenvalue weighted by molar-refractivity contribution is -0.147. The zero-order chi connectivity index (χ0) is 17.5. The van der Waals surface area contributed by atoms with Gasteiger partial charge in [0.2, 0.25) is 0 Å². The Morgan fingerprint density at radius 1 is 1.25 bits per heavy atom. The van der Waals surface area contributed by atoms with E-state index in [1.165, 1.54) is 13.5 Å². The predicted octanol–water partition coefficient (Wildman–Crippen LogP) is 3.00. The van der Waals surface area contributed by atoms with Crippen LogP contribution in [-0.2, 0) is 20.7 Å². The third-order valence-corrected chi connectivity index (χ3v) is 5.34. The molecule has 1 saturated heterocycles. The van der Waals surface area contributed by atoms with E-state index in [0.29, 0.717) is 12.5 Å². The molecule has 1 aliphatic heterocycles. The van der Waals surface area contributed by atoms with Gasteiger partial charge in [0.05, 0.1) is 13.0 Å². The number of carbonyl (C=O) groups is 2. The maximum atomic E-state index is 12.7. The van der Waals surface area contributed by atoms with Crippen LogP contribution in [0.3, 0.4) is 0 Å². The van der Waals surface area contributed by atoms with Crippen LogP contribution >= 0.6 is 0 Å². The molecule has 0 saturated carbocycles. The van der Waals surface area contributed by atoms with Crippen molar-refractivity contribution in [1.82, 2.24) is 5.32 Å². The fourth-order valence-electron chi connectivity index (χ4n) is 3.53. The van der Waals surface area contributed by atoms with Crippen LogP contribution in [-0.4, -0.2) is 31.4 Å². The zero-order valence-corrected chi connectivity index (χ0v) is 15.0. The highest BCUT2D eigenvalue weighted by Gasteiger charge is 2.32. The van der Waals surface area contributed by atoms with Crippen molar-refractivity contribution in [3.05, 3.63) is 35.9 Å². The van der Waals surface area contributed by atoms with Gasteiger partial charge in [-0.3, -0.25) is 9.59 Å². The number of rotatable bonds is 8. The summed E-state index contributed by atoms with van der Waals surface area (Å²) in [6.45, 7) is 5.16. The average molecular weight is 331 g/mol. The van der Waals surface area contributed by atoms with E-state index in [1.807, 2.05) is 37.3 Å². The summed E-state index contributed by atoms with van der Waals surface area (Å²) in [7, 11) is 1.39. The van der Waals surface area contributed by atoms with Gasteiger partial charge in [0, 0.05) is 18.4 Å². The summed E-state index contributed by atoms with van der Waals surface area (Å²) in [6.07, 6.45) is 3.10. The number of hydrogen-bond donors (Lipinski definition) is 1. The number of methoxy groups -OCH3 is 1. The van der Waals surface area contributed by atoms with Gasteiger partial charge in [-0.1, -0.05) is 44.2 Å². The number of Topliss-reactive ketones (excluding diaryl/α,β-unsaturated/α-hetero) is 1. The van der Waals surface area contributed by atoms with Crippen molar-refractivity contribution in [2.75, 3.05) is 13.7 Å². The third kappa shape index (κ3) is 4.91. The first-order valence-corrected chi connectivity index (χ1v) is 8.90. The molecule has 1 aliphatic rings. The van der Waals surface area contributed by atoms with Crippen LogP contribution in [0.15, 0.2) is 30.3 Å². The smallest absolute Gasteiger partial charge is 0.309 e. The van der Waals surface area contributed by atoms with Gasteiger partial charge in [0.25, 0.3) is 0 Å². The molecule has 132 valence electrons. The molecular weight excluding hydrogens is 302 g/mol. The summed E-state index contributed by atoms with van der Waals surface area (Å²) in [5, 5.41) is 3.48. The summed E-state index contributed by atoms with van der Waals surface area (Å²) < 4.78 is 4.92. The molecule has 1 aromatic rings. The lowest BCUT2D eigenvalue weighted by Gasteiger charge is -2.26. The fourth-order valence-corrected chi connectivity index (χ4v) is 3.53. The van der Waals surface area contributed by atoms with Gasteiger partial charge in [-0.15, -0.1) is 0 Å². The van der Waals surface area contributed by atoms with Crippen molar-refractivity contribution in [3.8, 4) is 0 Å². The van der Waals surface area contributed by atoms with E-state index in [9.17, 15) is 9.59 Å². The van der Waals surface area contributed by atoms with Gasteiger partial charge in [-0.05, 0) is 37.3 Å². The third-order valence-electron chi connectivity index (χ3n) is 5.34. The van der Waals surface area contributed by atoms with Crippen molar-refractivity contribution in [1.29, 1.82) is 0 Å². The second-order valence-electron chi connectivity index (χ2n) is 6.93. The van der Waals surface area contributed by atoms with Crippen LogP contribution in [0.5, 0.6) is 0 Å². The number of nitrogens with one attached hydrogen (secondary N) is 1. The highest BCUT2D eigenvalue weighted by molar-refractivity contribution is 5.86. The molecular formula is C20H29NO3. The molecule has 0 unspecified atom stereocenters. The number of esters is 1. The van der Waals surface area contributed by atoms with Crippen molar-refractivity contribution in [2.45, 2.75) is 45.6 Å². The number of hydrogen-bond acceptors (Lipinski definition) is 4. The summed E-state index contributed by atoms with van der Waals surface area (Å²) in [6, 6.07) is 10.2. The average Bonchev–Trinajstić information content (AvgIpc) is 3.14. The molecule has 0 bridgehead atoms. The fraction of sp³-hybridized carbons (Fsp3) is 0.600. The van der Waals surface area contributed by atoms with E-state index in [4.69, 9.17) is 4.74 Å². The first-order valence-electron chi connectivity index (χ1n) is 8.90. The minimum Gasteiger partial charge on any atom is -0.469 e. The lowest BCUT2D eigenvalue weighted by Crippen LogP contribution is -2.36. The lowest BCUT2D eigenvalue weighted by atomic mass is 9.81. The van der Waals surface area contributed by atoms with Crippen LogP contribution in [0, 0.1) is 17.8 Å². The monoisotopic (exact) mass is 331 g/mol. The molecule has 0 spiro atoms. The van der Waals surface area contributed by atoms with E-state index >= 15 is 0 Å². The molecule has 0 amide bonds. The van der Waals surface area contributed by atoms with Crippen molar-refractivity contribution in [3.63, 3.8) is 0 Å². The summed E-state index contributed by atoms with van der Waals surface area (Å²) >= 11 is 0. The Hall–Kier alpha value is -1.68. The molecule has 4 nitrogen and oxygen atoms in total. The minimum atomic E-state index is -0.406. The Balaban J connectivity index is 1.99. The first-order chi connectivity index (χ1) is 11.5. The van der Waals surface area contributed by atoms with E-state index in [2.05, 4.69) is 12.2 Å². The van der Waals surface area contributed by atoms with Crippen LogP contribution < -0.4 is 5.32 Å². The number of ether oxygens (including phenoxy) is 1. The van der Waals surface area contributed by atoms with Crippen LogP contribution in [0.25, 0.3) is 0 Å². The van der Waals surface area contributed by atoms with Gasteiger partial charge in [0.1, 0.15) is 5.78 Å². The second-order valence-corrected chi connectivity index (χ2v) is 6.93. The number of benzene rings is 1.